The van der Waals surface area contributed by atoms with Gasteiger partial charge in [0.2, 0.25) is 0 Å². The maximum Gasteiger partial charge on any atom is 0.305 e. The molecule has 0 amide bonds. The SMILES string of the molecule is C=COCCCCOC(COC(=O)CCCCCCC)COC(=O)CCCCCCC. The number of carbonyl (C=O) groups is 2. The van der Waals surface area contributed by atoms with Crippen LogP contribution in [0.5, 0.6) is 0 Å². The van der Waals surface area contributed by atoms with Gasteiger partial charge in [0.25, 0.3) is 0 Å². The van der Waals surface area contributed by atoms with E-state index >= 15 is 0 Å². The standard InChI is InChI=1S/C25H46O6/c1-4-7-9-11-13-17-24(26)30-21-23(29-20-16-15-19-28-6-3)22-31-25(27)18-14-12-10-8-5-2/h6,23H,3-5,7-22H2,1-2H3. The number of carbonyl (C=O) groups excluding carboxylic acids is 2. The lowest BCUT2D eigenvalue weighted by atomic mass is 10.1. The zero-order valence-electron chi connectivity index (χ0n) is 20.0. The molecule has 0 aromatic rings. The summed E-state index contributed by atoms with van der Waals surface area (Å²) in [6, 6.07) is 0. The molecule has 0 heterocycles. The molecule has 0 bridgehead atoms. The van der Waals surface area contributed by atoms with Gasteiger partial charge in [-0.15, -0.1) is 0 Å². The van der Waals surface area contributed by atoms with Crippen molar-refractivity contribution in [3.05, 3.63) is 12.8 Å². The van der Waals surface area contributed by atoms with Crippen molar-refractivity contribution in [2.24, 2.45) is 0 Å². The van der Waals surface area contributed by atoms with Crippen LogP contribution in [0.15, 0.2) is 12.8 Å². The van der Waals surface area contributed by atoms with Crippen molar-refractivity contribution in [2.45, 2.75) is 110 Å². The Morgan fingerprint density at radius 1 is 0.710 bits per heavy atom. The van der Waals surface area contributed by atoms with Gasteiger partial charge in [-0.2, -0.15) is 0 Å². The second-order valence-corrected chi connectivity index (χ2v) is 7.93. The average molecular weight is 443 g/mol. The highest BCUT2D eigenvalue weighted by atomic mass is 16.6. The van der Waals surface area contributed by atoms with Crippen molar-refractivity contribution < 1.29 is 28.5 Å². The van der Waals surface area contributed by atoms with Gasteiger partial charge >= 0.3 is 11.9 Å². The lowest BCUT2D eigenvalue weighted by Gasteiger charge is -2.18. The van der Waals surface area contributed by atoms with E-state index in [1.165, 1.54) is 31.9 Å². The summed E-state index contributed by atoms with van der Waals surface area (Å²) in [5, 5.41) is 0. The first-order chi connectivity index (χ1) is 15.1. The van der Waals surface area contributed by atoms with E-state index < -0.39 is 6.10 Å². The first-order valence-corrected chi connectivity index (χ1v) is 12.3. The summed E-state index contributed by atoms with van der Waals surface area (Å²) in [6.45, 7) is 9.16. The molecule has 0 rings (SSSR count). The Bertz CT molecular complexity index is 408. The molecule has 0 aliphatic rings. The molecule has 6 heteroatoms. The number of hydrogen-bond donors (Lipinski definition) is 0. The summed E-state index contributed by atoms with van der Waals surface area (Å²) in [4.78, 5) is 24.0. The van der Waals surface area contributed by atoms with Gasteiger partial charge < -0.3 is 18.9 Å². The van der Waals surface area contributed by atoms with Crippen LogP contribution >= 0.6 is 0 Å². The fraction of sp³-hybridized carbons (Fsp3) is 0.840. The van der Waals surface area contributed by atoms with Crippen molar-refractivity contribution in [3.63, 3.8) is 0 Å². The van der Waals surface area contributed by atoms with E-state index in [0.717, 1.165) is 51.4 Å². The molecule has 0 N–H and O–H groups in total. The molecule has 0 atom stereocenters. The zero-order valence-corrected chi connectivity index (χ0v) is 20.0. The molecule has 0 aromatic heterocycles. The van der Waals surface area contributed by atoms with E-state index in [2.05, 4.69) is 20.4 Å². The van der Waals surface area contributed by atoms with Gasteiger partial charge in [0.1, 0.15) is 19.3 Å². The Balaban J connectivity index is 4.17. The molecule has 182 valence electrons. The van der Waals surface area contributed by atoms with E-state index in [4.69, 9.17) is 18.9 Å². The van der Waals surface area contributed by atoms with Crippen molar-refractivity contribution in [2.75, 3.05) is 26.4 Å². The topological polar surface area (TPSA) is 71.1 Å². The van der Waals surface area contributed by atoms with Crippen LogP contribution in [0.2, 0.25) is 0 Å². The summed E-state index contributed by atoms with van der Waals surface area (Å²) >= 11 is 0. The molecule has 0 aliphatic heterocycles. The number of unbranched alkanes of at least 4 members (excludes halogenated alkanes) is 9. The van der Waals surface area contributed by atoms with Gasteiger partial charge in [0, 0.05) is 19.4 Å². The lowest BCUT2D eigenvalue weighted by Crippen LogP contribution is -2.29. The Morgan fingerprint density at radius 2 is 1.19 bits per heavy atom. The van der Waals surface area contributed by atoms with Crippen molar-refractivity contribution in [3.8, 4) is 0 Å². The molecule has 31 heavy (non-hydrogen) atoms. The van der Waals surface area contributed by atoms with Crippen LogP contribution < -0.4 is 0 Å². The number of esters is 2. The summed E-state index contributed by atoms with van der Waals surface area (Å²) in [7, 11) is 0. The molecule has 0 spiro atoms. The normalized spacial score (nSPS) is 10.8. The smallest absolute Gasteiger partial charge is 0.305 e. The molecule has 0 aromatic carbocycles. The third-order valence-electron chi connectivity index (χ3n) is 4.96. The van der Waals surface area contributed by atoms with Crippen LogP contribution in [0.4, 0.5) is 0 Å². The summed E-state index contributed by atoms with van der Waals surface area (Å²) in [5.41, 5.74) is 0. The summed E-state index contributed by atoms with van der Waals surface area (Å²) < 4.78 is 21.6. The molecular weight excluding hydrogens is 396 g/mol. The van der Waals surface area contributed by atoms with Crippen LogP contribution in [0.1, 0.15) is 104 Å². The van der Waals surface area contributed by atoms with Crippen LogP contribution in [0.25, 0.3) is 0 Å². The first-order valence-electron chi connectivity index (χ1n) is 12.3. The second-order valence-electron chi connectivity index (χ2n) is 7.93. The van der Waals surface area contributed by atoms with Crippen LogP contribution in [-0.2, 0) is 28.5 Å². The van der Waals surface area contributed by atoms with Crippen LogP contribution in [0, 0.1) is 0 Å². The van der Waals surface area contributed by atoms with E-state index in [1.807, 2.05) is 0 Å². The van der Waals surface area contributed by atoms with Gasteiger partial charge in [-0.1, -0.05) is 71.8 Å². The summed E-state index contributed by atoms with van der Waals surface area (Å²) in [5.74, 6) is -0.432. The Kier molecular flexibility index (Phi) is 21.9. The monoisotopic (exact) mass is 442 g/mol. The minimum atomic E-state index is -0.437. The predicted molar refractivity (Wildman–Crippen MR) is 124 cm³/mol. The first kappa shape index (κ1) is 29.4. The number of ether oxygens (including phenoxy) is 4. The van der Waals surface area contributed by atoms with E-state index in [0.29, 0.717) is 26.1 Å². The maximum absolute atomic E-state index is 12.0. The van der Waals surface area contributed by atoms with Crippen molar-refractivity contribution >= 4 is 11.9 Å². The van der Waals surface area contributed by atoms with Gasteiger partial charge in [-0.05, 0) is 25.7 Å². The highest BCUT2D eigenvalue weighted by Crippen LogP contribution is 2.08. The molecule has 0 saturated carbocycles. The largest absolute Gasteiger partial charge is 0.502 e. The van der Waals surface area contributed by atoms with Crippen LogP contribution in [0.3, 0.4) is 0 Å². The molecule has 0 saturated heterocycles. The minimum Gasteiger partial charge on any atom is -0.502 e. The van der Waals surface area contributed by atoms with Gasteiger partial charge in [0.15, 0.2) is 0 Å². The van der Waals surface area contributed by atoms with E-state index in [1.54, 1.807) is 0 Å². The molecule has 0 aliphatic carbocycles. The Morgan fingerprint density at radius 3 is 1.68 bits per heavy atom. The van der Waals surface area contributed by atoms with Gasteiger partial charge in [-0.25, -0.2) is 0 Å². The van der Waals surface area contributed by atoms with E-state index in [-0.39, 0.29) is 25.2 Å². The maximum atomic E-state index is 12.0. The van der Waals surface area contributed by atoms with E-state index in [9.17, 15) is 9.59 Å². The second kappa shape index (κ2) is 23.1. The predicted octanol–water partition coefficient (Wildman–Crippen LogP) is 6.12. The summed E-state index contributed by atoms with van der Waals surface area (Å²) in [6.07, 6.45) is 14.3. The Labute approximate surface area is 190 Å². The highest BCUT2D eigenvalue weighted by molar-refractivity contribution is 5.69. The molecule has 0 unspecified atom stereocenters. The molecule has 0 radical (unpaired) electrons. The molecule has 0 fully saturated rings. The fourth-order valence-electron chi connectivity index (χ4n) is 3.03. The van der Waals surface area contributed by atoms with Crippen molar-refractivity contribution in [1.29, 1.82) is 0 Å². The number of hydrogen-bond acceptors (Lipinski definition) is 6. The molecule has 6 nitrogen and oxygen atoms in total. The molecular formula is C25H46O6. The highest BCUT2D eigenvalue weighted by Gasteiger charge is 2.15. The third kappa shape index (κ3) is 21.5. The minimum absolute atomic E-state index is 0.112. The van der Waals surface area contributed by atoms with Crippen LogP contribution in [-0.4, -0.2) is 44.5 Å². The van der Waals surface area contributed by atoms with Gasteiger partial charge in [-0.3, -0.25) is 9.59 Å². The third-order valence-corrected chi connectivity index (χ3v) is 4.96. The number of rotatable bonds is 23. The average Bonchev–Trinajstić information content (AvgIpc) is 2.77. The zero-order chi connectivity index (χ0) is 23.0. The quantitative estimate of drug-likeness (QED) is 0.108. The fourth-order valence-corrected chi connectivity index (χ4v) is 3.03. The van der Waals surface area contributed by atoms with Crippen molar-refractivity contribution in [1.82, 2.24) is 0 Å². The Hall–Kier alpha value is -1.56. The lowest BCUT2D eigenvalue weighted by molar-refractivity contribution is -0.155. The van der Waals surface area contributed by atoms with Gasteiger partial charge in [0.05, 0.1) is 12.9 Å².